The number of rotatable bonds is 6. The third-order valence-electron chi connectivity index (χ3n) is 3.49. The maximum Gasteiger partial charge on any atom is 0.254 e. The van der Waals surface area contributed by atoms with E-state index in [1.165, 1.54) is 0 Å². The fourth-order valence-electron chi connectivity index (χ4n) is 2.11. The normalized spacial score (nSPS) is 14.1. The Hall–Kier alpha value is -1.86. The lowest BCUT2D eigenvalue weighted by Gasteiger charge is -2.04. The van der Waals surface area contributed by atoms with Crippen molar-refractivity contribution in [2.75, 3.05) is 7.11 Å². The second-order valence-electron chi connectivity index (χ2n) is 5.34. The molecular weight excluding hydrogens is 300 g/mol. The van der Waals surface area contributed by atoms with E-state index in [0.717, 1.165) is 34.2 Å². The second-order valence-corrected chi connectivity index (χ2v) is 6.50. The smallest absolute Gasteiger partial charge is 0.254 e. The molecule has 0 aromatic carbocycles. The Morgan fingerprint density at radius 1 is 1.41 bits per heavy atom. The molecule has 2 heterocycles. The minimum atomic E-state index is -0.163. The minimum absolute atomic E-state index is 0.163. The molecule has 1 saturated carbocycles. The highest BCUT2D eigenvalue weighted by atomic mass is 32.1. The number of aromatic nitrogens is 3. The van der Waals surface area contributed by atoms with Gasteiger partial charge in [0.05, 0.1) is 24.4 Å². The number of aryl methyl sites for hydroxylation is 1. The second kappa shape index (κ2) is 6.50. The summed E-state index contributed by atoms with van der Waals surface area (Å²) in [5.41, 5.74) is 1.42. The Morgan fingerprint density at radius 2 is 2.14 bits per heavy atom. The molecule has 0 spiro atoms. The lowest BCUT2D eigenvalue weighted by molar-refractivity contribution is 0.0950. The van der Waals surface area contributed by atoms with Crippen molar-refractivity contribution in [3.8, 4) is 0 Å². The highest BCUT2D eigenvalue weighted by Crippen LogP contribution is 2.37. The van der Waals surface area contributed by atoms with Crippen molar-refractivity contribution in [3.63, 3.8) is 0 Å². The standard InChI is InChI=1S/C15H18N4O2S/c1-9-12(22-13(19-9)8-21-2)7-18-15(20)11-5-16-14(17-6-11)10-3-4-10/h5-6,10H,3-4,7-8H2,1-2H3,(H,18,20). The SMILES string of the molecule is COCc1nc(C)c(CNC(=O)c2cnc(C3CC3)nc2)s1. The molecule has 7 heteroatoms. The van der Waals surface area contributed by atoms with Gasteiger partial charge in [0.15, 0.2) is 0 Å². The number of thiazole rings is 1. The molecule has 1 aliphatic rings. The van der Waals surface area contributed by atoms with E-state index in [4.69, 9.17) is 4.74 Å². The summed E-state index contributed by atoms with van der Waals surface area (Å²) in [5.74, 6) is 1.18. The van der Waals surface area contributed by atoms with Gasteiger partial charge in [0.25, 0.3) is 5.91 Å². The van der Waals surface area contributed by atoms with E-state index in [-0.39, 0.29) is 5.91 Å². The van der Waals surface area contributed by atoms with Crippen molar-refractivity contribution in [1.82, 2.24) is 20.3 Å². The molecule has 3 rings (SSSR count). The van der Waals surface area contributed by atoms with Gasteiger partial charge in [0.2, 0.25) is 0 Å². The Labute approximate surface area is 133 Å². The summed E-state index contributed by atoms with van der Waals surface area (Å²) in [6.07, 6.45) is 5.51. The van der Waals surface area contributed by atoms with Gasteiger partial charge < -0.3 is 10.1 Å². The van der Waals surface area contributed by atoms with Crippen LogP contribution >= 0.6 is 11.3 Å². The topological polar surface area (TPSA) is 77.0 Å². The summed E-state index contributed by atoms with van der Waals surface area (Å²) in [4.78, 5) is 26.1. The van der Waals surface area contributed by atoms with Gasteiger partial charge in [-0.1, -0.05) is 0 Å². The number of methoxy groups -OCH3 is 1. The van der Waals surface area contributed by atoms with E-state index >= 15 is 0 Å². The van der Waals surface area contributed by atoms with E-state index in [1.54, 1.807) is 30.8 Å². The summed E-state index contributed by atoms with van der Waals surface area (Å²) in [6, 6.07) is 0. The first-order valence-corrected chi connectivity index (χ1v) is 8.03. The first-order chi connectivity index (χ1) is 10.7. The number of nitrogens with zero attached hydrogens (tertiary/aromatic N) is 3. The van der Waals surface area contributed by atoms with Crippen LogP contribution < -0.4 is 5.32 Å². The van der Waals surface area contributed by atoms with Gasteiger partial charge in [0, 0.05) is 30.3 Å². The summed E-state index contributed by atoms with van der Waals surface area (Å²) in [7, 11) is 1.64. The van der Waals surface area contributed by atoms with Crippen LogP contribution in [0.5, 0.6) is 0 Å². The molecule has 0 aliphatic heterocycles. The van der Waals surface area contributed by atoms with Gasteiger partial charge in [-0.3, -0.25) is 4.79 Å². The van der Waals surface area contributed by atoms with Crippen molar-refractivity contribution < 1.29 is 9.53 Å². The highest BCUT2D eigenvalue weighted by Gasteiger charge is 2.26. The van der Waals surface area contributed by atoms with Gasteiger partial charge in [-0.05, 0) is 19.8 Å². The maximum atomic E-state index is 12.1. The zero-order valence-electron chi connectivity index (χ0n) is 12.6. The molecular formula is C15H18N4O2S. The highest BCUT2D eigenvalue weighted by molar-refractivity contribution is 7.11. The summed E-state index contributed by atoms with van der Waals surface area (Å²) in [6.45, 7) is 2.89. The largest absolute Gasteiger partial charge is 0.378 e. The monoisotopic (exact) mass is 318 g/mol. The van der Waals surface area contributed by atoms with E-state index < -0.39 is 0 Å². The van der Waals surface area contributed by atoms with Crippen molar-refractivity contribution in [1.29, 1.82) is 0 Å². The Bertz CT molecular complexity index is 665. The number of carbonyl (C=O) groups is 1. The molecule has 22 heavy (non-hydrogen) atoms. The van der Waals surface area contributed by atoms with Crippen LogP contribution in [-0.2, 0) is 17.9 Å². The van der Waals surface area contributed by atoms with Crippen LogP contribution in [0.4, 0.5) is 0 Å². The van der Waals surface area contributed by atoms with Crippen LogP contribution in [0.1, 0.15) is 50.5 Å². The molecule has 1 amide bonds. The van der Waals surface area contributed by atoms with Crippen LogP contribution in [0.15, 0.2) is 12.4 Å². The molecule has 1 fully saturated rings. The van der Waals surface area contributed by atoms with Crippen molar-refractivity contribution >= 4 is 17.2 Å². The molecule has 0 radical (unpaired) electrons. The van der Waals surface area contributed by atoms with Crippen molar-refractivity contribution in [3.05, 3.63) is 39.4 Å². The molecule has 116 valence electrons. The van der Waals surface area contributed by atoms with Crippen LogP contribution in [-0.4, -0.2) is 28.0 Å². The van der Waals surface area contributed by atoms with Gasteiger partial charge in [-0.25, -0.2) is 15.0 Å². The molecule has 0 unspecified atom stereocenters. The number of hydrogen-bond acceptors (Lipinski definition) is 6. The predicted molar refractivity (Wildman–Crippen MR) is 82.7 cm³/mol. The van der Waals surface area contributed by atoms with E-state index in [0.29, 0.717) is 24.6 Å². The van der Waals surface area contributed by atoms with Crippen molar-refractivity contribution in [2.24, 2.45) is 0 Å². The number of ether oxygens (including phenoxy) is 1. The fourth-order valence-corrected chi connectivity index (χ4v) is 3.09. The van der Waals surface area contributed by atoms with Crippen LogP contribution in [0, 0.1) is 6.92 Å². The molecule has 6 nitrogen and oxygen atoms in total. The molecule has 0 bridgehead atoms. The summed E-state index contributed by atoms with van der Waals surface area (Å²) >= 11 is 1.55. The third kappa shape index (κ3) is 3.48. The zero-order valence-corrected chi connectivity index (χ0v) is 13.4. The Kier molecular flexibility index (Phi) is 4.44. The van der Waals surface area contributed by atoms with Crippen LogP contribution in [0.25, 0.3) is 0 Å². The van der Waals surface area contributed by atoms with E-state index in [1.807, 2.05) is 6.92 Å². The Morgan fingerprint density at radius 3 is 2.77 bits per heavy atom. The molecule has 1 aliphatic carbocycles. The first kappa shape index (κ1) is 15.1. The number of carbonyl (C=O) groups excluding carboxylic acids is 1. The number of amides is 1. The number of hydrogen-bond donors (Lipinski definition) is 1. The maximum absolute atomic E-state index is 12.1. The average Bonchev–Trinajstić information content (AvgIpc) is 3.31. The van der Waals surface area contributed by atoms with Gasteiger partial charge in [-0.15, -0.1) is 11.3 Å². The fraction of sp³-hybridized carbons (Fsp3) is 0.467. The summed E-state index contributed by atoms with van der Waals surface area (Å²) in [5, 5.41) is 3.80. The summed E-state index contributed by atoms with van der Waals surface area (Å²) < 4.78 is 5.07. The number of nitrogens with one attached hydrogen (secondary N) is 1. The van der Waals surface area contributed by atoms with Gasteiger partial charge in [0.1, 0.15) is 10.8 Å². The van der Waals surface area contributed by atoms with E-state index in [9.17, 15) is 4.79 Å². The van der Waals surface area contributed by atoms with E-state index in [2.05, 4.69) is 20.3 Å². The lowest BCUT2D eigenvalue weighted by Crippen LogP contribution is -2.23. The lowest BCUT2D eigenvalue weighted by atomic mass is 10.3. The molecule has 0 saturated heterocycles. The minimum Gasteiger partial charge on any atom is -0.378 e. The van der Waals surface area contributed by atoms with Crippen LogP contribution in [0.2, 0.25) is 0 Å². The van der Waals surface area contributed by atoms with Gasteiger partial charge in [-0.2, -0.15) is 0 Å². The zero-order chi connectivity index (χ0) is 15.5. The predicted octanol–water partition coefficient (Wildman–Crippen LogP) is 2.20. The molecule has 2 aromatic heterocycles. The average molecular weight is 318 g/mol. The Balaban J connectivity index is 1.59. The van der Waals surface area contributed by atoms with Crippen LogP contribution in [0.3, 0.4) is 0 Å². The first-order valence-electron chi connectivity index (χ1n) is 7.21. The van der Waals surface area contributed by atoms with Crippen molar-refractivity contribution in [2.45, 2.75) is 38.8 Å². The van der Waals surface area contributed by atoms with Gasteiger partial charge >= 0.3 is 0 Å². The molecule has 0 atom stereocenters. The third-order valence-corrected chi connectivity index (χ3v) is 4.62. The molecule has 2 aromatic rings. The molecule has 1 N–H and O–H groups in total. The quantitative estimate of drug-likeness (QED) is 0.883.